The third kappa shape index (κ3) is 4.55. The number of hydrogen-bond donors (Lipinski definition) is 2. The summed E-state index contributed by atoms with van der Waals surface area (Å²) in [6.45, 7) is 0. The van der Waals surface area contributed by atoms with Crippen molar-refractivity contribution in [1.29, 1.82) is 5.26 Å². The summed E-state index contributed by atoms with van der Waals surface area (Å²) in [6.07, 6.45) is 1.33. The number of carbonyl (C=O) groups excluding carboxylic acids is 1. The van der Waals surface area contributed by atoms with Gasteiger partial charge in [-0.3, -0.25) is 4.79 Å². The average molecular weight is 437 g/mol. The molecule has 0 bridgehead atoms. The lowest BCUT2D eigenvalue weighted by molar-refractivity contribution is -0.112. The third-order valence-corrected chi connectivity index (χ3v) is 4.25. The van der Waals surface area contributed by atoms with Crippen LogP contribution in [0.2, 0.25) is 0 Å². The van der Waals surface area contributed by atoms with Gasteiger partial charge < -0.3 is 14.8 Å². The molecular formula is C21H13BrN2O4. The number of hydrogen-bond acceptors (Lipinski definition) is 4. The quantitative estimate of drug-likeness (QED) is 0.434. The van der Waals surface area contributed by atoms with Crippen LogP contribution in [0.5, 0.6) is 0 Å². The Labute approximate surface area is 168 Å². The molecule has 7 heteroatoms. The average Bonchev–Trinajstić information content (AvgIpc) is 3.15. The van der Waals surface area contributed by atoms with Gasteiger partial charge in [0.1, 0.15) is 23.2 Å². The Morgan fingerprint density at radius 2 is 1.89 bits per heavy atom. The molecule has 0 saturated carbocycles. The van der Waals surface area contributed by atoms with E-state index < -0.39 is 11.9 Å². The van der Waals surface area contributed by atoms with Gasteiger partial charge in [0.2, 0.25) is 0 Å². The summed E-state index contributed by atoms with van der Waals surface area (Å²) in [4.78, 5) is 23.4. The molecule has 0 fully saturated rings. The van der Waals surface area contributed by atoms with Gasteiger partial charge in [-0.1, -0.05) is 34.1 Å². The number of halogens is 1. The third-order valence-electron chi connectivity index (χ3n) is 3.75. The summed E-state index contributed by atoms with van der Waals surface area (Å²) in [6, 6.07) is 18.4. The van der Waals surface area contributed by atoms with E-state index in [4.69, 9.17) is 9.52 Å². The Balaban J connectivity index is 1.82. The van der Waals surface area contributed by atoms with E-state index in [1.54, 1.807) is 42.5 Å². The Morgan fingerprint density at radius 1 is 1.11 bits per heavy atom. The van der Waals surface area contributed by atoms with Gasteiger partial charge in [-0.05, 0) is 42.5 Å². The van der Waals surface area contributed by atoms with Crippen molar-refractivity contribution >= 4 is 39.6 Å². The number of nitrogens with one attached hydrogen (secondary N) is 1. The molecule has 0 aliphatic heterocycles. The molecule has 0 aliphatic rings. The van der Waals surface area contributed by atoms with Crippen molar-refractivity contribution in [1.82, 2.24) is 0 Å². The molecule has 2 N–H and O–H groups in total. The van der Waals surface area contributed by atoms with E-state index in [-0.39, 0.29) is 11.1 Å². The van der Waals surface area contributed by atoms with Gasteiger partial charge in [0.05, 0.1) is 5.56 Å². The molecule has 0 radical (unpaired) electrons. The maximum absolute atomic E-state index is 12.3. The van der Waals surface area contributed by atoms with Crippen molar-refractivity contribution < 1.29 is 19.1 Å². The summed E-state index contributed by atoms with van der Waals surface area (Å²) in [7, 11) is 0. The highest BCUT2D eigenvalue weighted by atomic mass is 79.9. The summed E-state index contributed by atoms with van der Waals surface area (Å²) < 4.78 is 6.45. The number of carboxylic acids is 1. The summed E-state index contributed by atoms with van der Waals surface area (Å²) in [5, 5.41) is 21.1. The number of anilines is 1. The monoisotopic (exact) mass is 436 g/mol. The first-order valence-electron chi connectivity index (χ1n) is 8.08. The van der Waals surface area contributed by atoms with Crippen LogP contribution in [0.15, 0.2) is 75.1 Å². The lowest BCUT2D eigenvalue weighted by Gasteiger charge is -2.04. The predicted octanol–water partition coefficient (Wildman–Crippen LogP) is 4.95. The van der Waals surface area contributed by atoms with Crippen molar-refractivity contribution in [2.45, 2.75) is 0 Å². The molecule has 1 heterocycles. The summed E-state index contributed by atoms with van der Waals surface area (Å²) in [5.74, 6) is -0.869. The summed E-state index contributed by atoms with van der Waals surface area (Å²) >= 11 is 3.32. The Hall–Kier alpha value is -3.63. The molecular weight excluding hydrogens is 424 g/mol. The predicted molar refractivity (Wildman–Crippen MR) is 107 cm³/mol. The summed E-state index contributed by atoms with van der Waals surface area (Å²) in [5.41, 5.74) is 1.14. The molecule has 1 aromatic heterocycles. The minimum atomic E-state index is -1.04. The zero-order valence-corrected chi connectivity index (χ0v) is 15.9. The zero-order valence-electron chi connectivity index (χ0n) is 14.3. The van der Waals surface area contributed by atoms with E-state index in [0.717, 1.165) is 4.47 Å². The SMILES string of the molecule is N#CC(=Cc1ccc(-c2cccc(C(=O)O)c2)o1)C(=O)Nc1cccc(Br)c1. The number of carboxylic acid groups (broad SMARTS) is 1. The van der Waals surface area contributed by atoms with E-state index >= 15 is 0 Å². The largest absolute Gasteiger partial charge is 0.478 e. The Bertz CT molecular complexity index is 1130. The zero-order chi connectivity index (χ0) is 20.1. The molecule has 1 amide bonds. The minimum Gasteiger partial charge on any atom is -0.478 e. The van der Waals surface area contributed by atoms with Gasteiger partial charge in [0, 0.05) is 21.8 Å². The van der Waals surface area contributed by atoms with Crippen molar-refractivity contribution in [3.8, 4) is 17.4 Å². The molecule has 0 saturated heterocycles. The van der Waals surface area contributed by atoms with Gasteiger partial charge in [0.25, 0.3) is 5.91 Å². The molecule has 0 spiro atoms. The number of amides is 1. The van der Waals surface area contributed by atoms with Gasteiger partial charge >= 0.3 is 5.97 Å². The molecule has 3 aromatic rings. The highest BCUT2D eigenvalue weighted by Crippen LogP contribution is 2.25. The second-order valence-corrected chi connectivity index (χ2v) is 6.64. The number of rotatable bonds is 5. The molecule has 0 unspecified atom stereocenters. The first kappa shape index (κ1) is 19.1. The second-order valence-electron chi connectivity index (χ2n) is 5.72. The highest BCUT2D eigenvalue weighted by molar-refractivity contribution is 9.10. The van der Waals surface area contributed by atoms with Crippen LogP contribution in [0.1, 0.15) is 16.1 Å². The van der Waals surface area contributed by atoms with Gasteiger partial charge in [-0.25, -0.2) is 4.79 Å². The van der Waals surface area contributed by atoms with Crippen LogP contribution in [0, 0.1) is 11.3 Å². The maximum Gasteiger partial charge on any atom is 0.335 e. The standard InChI is InChI=1S/C21H13BrN2O4/c22-16-5-2-6-17(11-16)24-20(25)15(12-23)10-18-7-8-19(28-18)13-3-1-4-14(9-13)21(26)27/h1-11H,(H,24,25)(H,26,27). The smallest absolute Gasteiger partial charge is 0.335 e. The van der Waals surface area contributed by atoms with Crippen LogP contribution in [-0.4, -0.2) is 17.0 Å². The Morgan fingerprint density at radius 3 is 2.61 bits per heavy atom. The lowest BCUT2D eigenvalue weighted by atomic mass is 10.1. The molecule has 138 valence electrons. The molecule has 0 aliphatic carbocycles. The molecule has 28 heavy (non-hydrogen) atoms. The topological polar surface area (TPSA) is 103 Å². The first-order valence-corrected chi connectivity index (χ1v) is 8.88. The number of carbonyl (C=O) groups is 2. The first-order chi connectivity index (χ1) is 13.5. The number of aromatic carboxylic acids is 1. The maximum atomic E-state index is 12.3. The van der Waals surface area contributed by atoms with E-state index in [2.05, 4.69) is 21.2 Å². The number of benzene rings is 2. The number of furan rings is 1. The van der Waals surface area contributed by atoms with Crippen LogP contribution in [0.4, 0.5) is 5.69 Å². The second kappa shape index (κ2) is 8.37. The molecule has 0 atom stereocenters. The van der Waals surface area contributed by atoms with E-state index in [0.29, 0.717) is 22.8 Å². The fourth-order valence-electron chi connectivity index (χ4n) is 2.45. The van der Waals surface area contributed by atoms with Crippen molar-refractivity contribution in [2.75, 3.05) is 5.32 Å². The fourth-order valence-corrected chi connectivity index (χ4v) is 2.85. The number of nitrogens with zero attached hydrogens (tertiary/aromatic N) is 1. The van der Waals surface area contributed by atoms with Crippen LogP contribution in [0.3, 0.4) is 0 Å². The number of nitriles is 1. The van der Waals surface area contributed by atoms with E-state index in [9.17, 15) is 14.9 Å². The van der Waals surface area contributed by atoms with Crippen molar-refractivity contribution in [3.63, 3.8) is 0 Å². The van der Waals surface area contributed by atoms with Gasteiger partial charge in [-0.15, -0.1) is 0 Å². The van der Waals surface area contributed by atoms with Gasteiger partial charge in [-0.2, -0.15) is 5.26 Å². The fraction of sp³-hybridized carbons (Fsp3) is 0. The normalized spacial score (nSPS) is 10.9. The van der Waals surface area contributed by atoms with Crippen molar-refractivity contribution in [2.24, 2.45) is 0 Å². The highest BCUT2D eigenvalue weighted by Gasteiger charge is 2.12. The van der Waals surface area contributed by atoms with Crippen LogP contribution in [0.25, 0.3) is 17.4 Å². The van der Waals surface area contributed by atoms with Crippen molar-refractivity contribution in [3.05, 3.63) is 82.0 Å². The molecule has 6 nitrogen and oxygen atoms in total. The van der Waals surface area contributed by atoms with Crippen LogP contribution in [-0.2, 0) is 4.79 Å². The van der Waals surface area contributed by atoms with Gasteiger partial charge in [0.15, 0.2) is 0 Å². The molecule has 3 rings (SSSR count). The molecule has 2 aromatic carbocycles. The van der Waals surface area contributed by atoms with Crippen LogP contribution >= 0.6 is 15.9 Å². The Kier molecular flexibility index (Phi) is 5.72. The van der Waals surface area contributed by atoms with E-state index in [1.165, 1.54) is 18.2 Å². The minimum absolute atomic E-state index is 0.125. The lowest BCUT2D eigenvalue weighted by Crippen LogP contribution is -2.13. The van der Waals surface area contributed by atoms with E-state index in [1.807, 2.05) is 12.1 Å². The van der Waals surface area contributed by atoms with Crippen LogP contribution < -0.4 is 5.32 Å².